The number of likely N-dealkylation sites (N-methyl/N-ethyl adjacent to an activating group) is 1. The minimum absolute atomic E-state index is 0. The second-order valence-electron chi connectivity index (χ2n) is 4.55. The molecule has 1 aliphatic rings. The van der Waals surface area contributed by atoms with Gasteiger partial charge >= 0.3 is 51.4 Å². The molecule has 0 bridgehead atoms. The maximum atomic E-state index is 11.1. The van der Waals surface area contributed by atoms with E-state index in [1.807, 2.05) is 10.8 Å². The average Bonchev–Trinajstić information content (AvgIpc) is 2.93. The van der Waals surface area contributed by atoms with Crippen LogP contribution >= 0.6 is 11.3 Å². The predicted molar refractivity (Wildman–Crippen MR) is 77.0 cm³/mol. The second kappa shape index (κ2) is 7.18. The number of fused-ring (bicyclic) bond motifs is 1. The molecule has 1 aromatic carbocycles. The van der Waals surface area contributed by atoms with Crippen molar-refractivity contribution < 1.29 is 73.8 Å². The average molecular weight is 365 g/mol. The first-order chi connectivity index (χ1) is 9.95. The Morgan fingerprint density at radius 3 is 2.77 bits per heavy atom. The quantitative estimate of drug-likeness (QED) is 0.507. The Balaban J connectivity index is 0.00000176. The van der Waals surface area contributed by atoms with E-state index in [0.717, 1.165) is 0 Å². The predicted octanol–water partition coefficient (Wildman–Crippen LogP) is -1.11. The monoisotopic (exact) mass is 365 g/mol. The van der Waals surface area contributed by atoms with Gasteiger partial charge in [0.05, 0.1) is 4.90 Å². The van der Waals surface area contributed by atoms with Crippen LogP contribution in [0.5, 0.6) is 11.5 Å². The first-order valence-electron chi connectivity index (χ1n) is 6.09. The Labute approximate surface area is 175 Å². The zero-order valence-electron chi connectivity index (χ0n) is 12.1. The number of nitrogens with zero attached hydrogens (tertiary/aromatic N) is 1. The zero-order valence-corrected chi connectivity index (χ0v) is 16.8. The molecule has 0 saturated heterocycles. The van der Waals surface area contributed by atoms with E-state index in [1.165, 1.54) is 29.5 Å². The molecular formula is C13H12KNO5S2. The van der Waals surface area contributed by atoms with Gasteiger partial charge in [-0.15, -0.1) is 11.3 Å². The van der Waals surface area contributed by atoms with E-state index in [-0.39, 0.29) is 56.3 Å². The summed E-state index contributed by atoms with van der Waals surface area (Å²) in [7, 11) is -2.72. The van der Waals surface area contributed by atoms with Gasteiger partial charge in [0.15, 0.2) is 11.5 Å². The third-order valence-corrected chi connectivity index (χ3v) is 4.71. The van der Waals surface area contributed by atoms with Crippen molar-refractivity contribution in [3.63, 3.8) is 0 Å². The van der Waals surface area contributed by atoms with E-state index in [4.69, 9.17) is 9.47 Å². The zero-order chi connectivity index (χ0) is 15.0. The summed E-state index contributed by atoms with van der Waals surface area (Å²) in [6, 6.07) is 5.83. The number of ether oxygens (including phenoxy) is 2. The topological polar surface area (TPSA) is 78.9 Å². The fraction of sp³-hybridized carbons (Fsp3) is 0.231. The number of rotatable bonds is 3. The van der Waals surface area contributed by atoms with Gasteiger partial charge in [-0.25, -0.2) is 8.42 Å². The van der Waals surface area contributed by atoms with Crippen LogP contribution in [0.4, 0.5) is 5.69 Å². The summed E-state index contributed by atoms with van der Waals surface area (Å²) in [6.45, 7) is 0.314. The van der Waals surface area contributed by atoms with Gasteiger partial charge in [-0.1, -0.05) is 6.07 Å². The fourth-order valence-electron chi connectivity index (χ4n) is 2.02. The van der Waals surface area contributed by atoms with Crippen molar-refractivity contribution in [2.24, 2.45) is 0 Å². The summed E-state index contributed by atoms with van der Waals surface area (Å²) in [6.07, 6.45) is -0.392. The summed E-state index contributed by atoms with van der Waals surface area (Å²) >= 11 is 1.48. The second-order valence-corrected chi connectivity index (χ2v) is 6.67. The molecule has 0 spiro atoms. The molecule has 2 heterocycles. The van der Waals surface area contributed by atoms with E-state index in [0.29, 0.717) is 23.8 Å². The van der Waals surface area contributed by atoms with Crippen LogP contribution < -0.4 is 65.8 Å². The molecule has 22 heavy (non-hydrogen) atoms. The Kier molecular flexibility index (Phi) is 5.94. The maximum Gasteiger partial charge on any atom is 1.00 e. The molecule has 112 valence electrons. The molecule has 0 N–H and O–H groups in total. The van der Waals surface area contributed by atoms with Crippen molar-refractivity contribution in [1.29, 1.82) is 0 Å². The van der Waals surface area contributed by atoms with Gasteiger partial charge < -0.3 is 18.9 Å². The minimum Gasteiger partial charge on any atom is -0.744 e. The van der Waals surface area contributed by atoms with E-state index in [2.05, 4.69) is 0 Å². The third-order valence-electron chi connectivity index (χ3n) is 3.18. The molecule has 1 aromatic heterocycles. The minimum atomic E-state index is -4.48. The van der Waals surface area contributed by atoms with Gasteiger partial charge in [0, 0.05) is 23.5 Å². The molecule has 1 aliphatic heterocycles. The van der Waals surface area contributed by atoms with Gasteiger partial charge in [-0.05, 0) is 18.2 Å². The Morgan fingerprint density at radius 1 is 1.32 bits per heavy atom. The molecule has 0 amide bonds. The standard InChI is InChI=1S/C13H13NO5S2.K/c1-14(9-3-2-4-10(5-9)21(15,16)17)13-6-18-11-7-20-8-12(11)19-13;/h2-5,7-8,13H,6H2,1H3,(H,15,16,17);/q;+1/p-1. The van der Waals surface area contributed by atoms with Crippen molar-refractivity contribution in [3.8, 4) is 11.5 Å². The van der Waals surface area contributed by atoms with Crippen LogP contribution in [-0.4, -0.2) is 32.9 Å². The third kappa shape index (κ3) is 3.85. The SMILES string of the molecule is CN(c1cccc(S(=O)(=O)[O-])c1)C1COc2cscc2O1.[K+]. The van der Waals surface area contributed by atoms with Crippen molar-refractivity contribution in [1.82, 2.24) is 0 Å². The number of hydrogen-bond donors (Lipinski definition) is 0. The number of hydrogen-bond acceptors (Lipinski definition) is 7. The van der Waals surface area contributed by atoms with Crippen molar-refractivity contribution in [2.45, 2.75) is 11.1 Å². The first-order valence-corrected chi connectivity index (χ1v) is 8.45. The summed E-state index contributed by atoms with van der Waals surface area (Å²) in [5.74, 6) is 1.37. The molecule has 1 atom stereocenters. The fourth-order valence-corrected chi connectivity index (χ4v) is 3.20. The number of anilines is 1. The molecule has 2 aromatic rings. The summed E-state index contributed by atoms with van der Waals surface area (Å²) in [5, 5.41) is 3.70. The summed E-state index contributed by atoms with van der Waals surface area (Å²) < 4.78 is 44.6. The van der Waals surface area contributed by atoms with Crippen LogP contribution in [0.25, 0.3) is 0 Å². The van der Waals surface area contributed by atoms with Crippen molar-refractivity contribution in [3.05, 3.63) is 35.0 Å². The summed E-state index contributed by atoms with van der Waals surface area (Å²) in [4.78, 5) is 1.47. The normalized spacial score (nSPS) is 16.7. The number of benzene rings is 1. The van der Waals surface area contributed by atoms with Gasteiger partial charge in [-0.3, -0.25) is 0 Å². The molecule has 0 saturated carbocycles. The van der Waals surface area contributed by atoms with Crippen molar-refractivity contribution >= 4 is 27.1 Å². The Bertz CT molecular complexity index is 761. The largest absolute Gasteiger partial charge is 1.00 e. The molecule has 6 nitrogen and oxygen atoms in total. The van der Waals surface area contributed by atoms with Crippen molar-refractivity contribution in [2.75, 3.05) is 18.6 Å². The van der Waals surface area contributed by atoms with Gasteiger partial charge in [0.1, 0.15) is 16.7 Å². The molecule has 3 rings (SSSR count). The van der Waals surface area contributed by atoms with Crippen LogP contribution in [0.3, 0.4) is 0 Å². The van der Waals surface area contributed by atoms with Crippen LogP contribution in [0.1, 0.15) is 0 Å². The van der Waals surface area contributed by atoms with Gasteiger partial charge in [0.25, 0.3) is 0 Å². The van der Waals surface area contributed by atoms with Crippen LogP contribution in [0.2, 0.25) is 0 Å². The first kappa shape index (κ1) is 18.2. The number of thiophene rings is 1. The smallest absolute Gasteiger partial charge is 0.744 e. The van der Waals surface area contributed by atoms with Crippen LogP contribution in [0, 0.1) is 0 Å². The van der Waals surface area contributed by atoms with Gasteiger partial charge in [0.2, 0.25) is 6.23 Å². The van der Waals surface area contributed by atoms with Crippen LogP contribution in [0.15, 0.2) is 39.9 Å². The molecule has 0 fully saturated rings. The maximum absolute atomic E-state index is 11.1. The van der Waals surface area contributed by atoms with E-state index < -0.39 is 16.3 Å². The molecule has 0 radical (unpaired) electrons. The summed E-state index contributed by atoms with van der Waals surface area (Å²) in [5.41, 5.74) is 0.569. The van der Waals surface area contributed by atoms with Crippen LogP contribution in [-0.2, 0) is 10.1 Å². The molecule has 9 heteroatoms. The van der Waals surface area contributed by atoms with E-state index in [9.17, 15) is 13.0 Å². The van der Waals surface area contributed by atoms with E-state index in [1.54, 1.807) is 18.0 Å². The molecular weight excluding hydrogens is 353 g/mol. The van der Waals surface area contributed by atoms with E-state index >= 15 is 0 Å². The molecule has 0 aliphatic carbocycles. The van der Waals surface area contributed by atoms with Gasteiger partial charge in [-0.2, -0.15) is 0 Å². The Morgan fingerprint density at radius 2 is 2.05 bits per heavy atom. The molecule has 1 unspecified atom stereocenters. The Hall–Kier alpha value is -0.134.